The predicted molar refractivity (Wildman–Crippen MR) is 95.8 cm³/mol. The number of benzene rings is 1. The molecule has 1 saturated carbocycles. The van der Waals surface area contributed by atoms with Gasteiger partial charge in [-0.1, -0.05) is 31.4 Å². The molecule has 25 heavy (non-hydrogen) atoms. The summed E-state index contributed by atoms with van der Waals surface area (Å²) in [5.74, 6) is 0.514. The van der Waals surface area contributed by atoms with Crippen molar-refractivity contribution in [2.45, 2.75) is 57.5 Å². The van der Waals surface area contributed by atoms with E-state index in [1.807, 2.05) is 31.2 Å². The van der Waals surface area contributed by atoms with Gasteiger partial charge in [-0.15, -0.1) is 0 Å². The number of hydrogen-bond acceptors (Lipinski definition) is 5. The van der Waals surface area contributed by atoms with Gasteiger partial charge >= 0.3 is 5.97 Å². The summed E-state index contributed by atoms with van der Waals surface area (Å²) in [5.41, 5.74) is 0.734. The SMILES string of the molecule is CCOCOC1([C@@H](COC(C)=O)c2ccc(OC)cc2)CCCCC1. The van der Waals surface area contributed by atoms with Gasteiger partial charge in [0.15, 0.2) is 0 Å². The average molecular weight is 350 g/mol. The van der Waals surface area contributed by atoms with Gasteiger partial charge in [0.1, 0.15) is 19.1 Å². The summed E-state index contributed by atoms with van der Waals surface area (Å²) in [5, 5.41) is 0. The van der Waals surface area contributed by atoms with Crippen LogP contribution < -0.4 is 4.74 Å². The van der Waals surface area contributed by atoms with Crippen LogP contribution in [-0.4, -0.2) is 38.7 Å². The van der Waals surface area contributed by atoms with Crippen molar-refractivity contribution in [2.75, 3.05) is 27.1 Å². The van der Waals surface area contributed by atoms with Crippen LogP contribution in [0.25, 0.3) is 0 Å². The molecule has 0 saturated heterocycles. The third-order valence-electron chi connectivity index (χ3n) is 4.94. The van der Waals surface area contributed by atoms with E-state index in [0.717, 1.165) is 37.0 Å². The first-order valence-electron chi connectivity index (χ1n) is 9.10. The highest BCUT2D eigenvalue weighted by molar-refractivity contribution is 5.66. The molecule has 0 amide bonds. The molecule has 0 bridgehead atoms. The summed E-state index contributed by atoms with van der Waals surface area (Å²) >= 11 is 0. The first-order valence-corrected chi connectivity index (χ1v) is 9.10. The van der Waals surface area contributed by atoms with Crippen molar-refractivity contribution in [3.8, 4) is 5.75 Å². The van der Waals surface area contributed by atoms with E-state index in [1.165, 1.54) is 13.3 Å². The lowest BCUT2D eigenvalue weighted by Crippen LogP contribution is -2.44. The molecule has 0 heterocycles. The summed E-state index contributed by atoms with van der Waals surface area (Å²) in [4.78, 5) is 11.4. The fourth-order valence-electron chi connectivity index (χ4n) is 3.57. The monoisotopic (exact) mass is 350 g/mol. The lowest BCUT2D eigenvalue weighted by molar-refractivity contribution is -0.174. The van der Waals surface area contributed by atoms with E-state index in [4.69, 9.17) is 18.9 Å². The van der Waals surface area contributed by atoms with Crippen LogP contribution in [0.2, 0.25) is 0 Å². The first kappa shape index (κ1) is 19.7. The molecular formula is C20H30O5. The van der Waals surface area contributed by atoms with Gasteiger partial charge in [-0.05, 0) is 37.5 Å². The summed E-state index contributed by atoms with van der Waals surface area (Å²) in [7, 11) is 1.65. The lowest BCUT2D eigenvalue weighted by Gasteiger charge is -2.43. The number of ether oxygens (including phenoxy) is 4. The van der Waals surface area contributed by atoms with Crippen LogP contribution in [0.3, 0.4) is 0 Å². The van der Waals surface area contributed by atoms with Crippen molar-refractivity contribution in [1.29, 1.82) is 0 Å². The van der Waals surface area contributed by atoms with Crippen molar-refractivity contribution in [3.63, 3.8) is 0 Å². The zero-order chi connectivity index (χ0) is 18.1. The number of esters is 1. The fourth-order valence-corrected chi connectivity index (χ4v) is 3.57. The summed E-state index contributed by atoms with van der Waals surface area (Å²) in [6.07, 6.45) is 5.32. The minimum Gasteiger partial charge on any atom is -0.497 e. The quantitative estimate of drug-likeness (QED) is 0.382. The Morgan fingerprint density at radius 2 is 1.84 bits per heavy atom. The van der Waals surface area contributed by atoms with Crippen LogP contribution >= 0.6 is 0 Å². The summed E-state index contributed by atoms with van der Waals surface area (Å²) in [6.45, 7) is 4.60. The topological polar surface area (TPSA) is 54.0 Å². The Hall–Kier alpha value is -1.59. The minimum atomic E-state index is -0.364. The Bertz CT molecular complexity index is 519. The van der Waals surface area contributed by atoms with Crippen LogP contribution in [0.1, 0.15) is 57.4 Å². The molecule has 0 N–H and O–H groups in total. The van der Waals surface area contributed by atoms with E-state index >= 15 is 0 Å². The van der Waals surface area contributed by atoms with Gasteiger partial charge < -0.3 is 18.9 Å². The maximum absolute atomic E-state index is 11.4. The van der Waals surface area contributed by atoms with Gasteiger partial charge in [0.05, 0.1) is 12.7 Å². The Labute approximate surface area is 150 Å². The summed E-state index contributed by atoms with van der Waals surface area (Å²) in [6, 6.07) is 7.95. The highest BCUT2D eigenvalue weighted by atomic mass is 16.7. The van der Waals surface area contributed by atoms with Gasteiger partial charge in [-0.3, -0.25) is 4.79 Å². The molecule has 0 unspecified atom stereocenters. The van der Waals surface area contributed by atoms with Gasteiger partial charge in [0, 0.05) is 19.4 Å². The smallest absolute Gasteiger partial charge is 0.302 e. The van der Waals surface area contributed by atoms with Gasteiger partial charge in [-0.25, -0.2) is 0 Å². The van der Waals surface area contributed by atoms with E-state index in [0.29, 0.717) is 13.2 Å². The second kappa shape index (κ2) is 9.78. The van der Waals surface area contributed by atoms with Crippen LogP contribution in [0.15, 0.2) is 24.3 Å². The molecule has 1 aromatic rings. The lowest BCUT2D eigenvalue weighted by atomic mass is 9.73. The Morgan fingerprint density at radius 1 is 1.16 bits per heavy atom. The van der Waals surface area contributed by atoms with Gasteiger partial charge in [0.25, 0.3) is 0 Å². The standard InChI is InChI=1S/C20H30O5/c1-4-23-15-25-20(12-6-5-7-13-20)19(14-24-16(2)21)17-8-10-18(22-3)11-9-17/h8-11,19H,4-7,12-15H2,1-3H3/t19-/m0/s1. The molecule has 1 atom stereocenters. The van der Waals surface area contributed by atoms with E-state index in [2.05, 4.69) is 0 Å². The maximum atomic E-state index is 11.4. The molecule has 1 aliphatic rings. The van der Waals surface area contributed by atoms with Gasteiger partial charge in [-0.2, -0.15) is 0 Å². The second-order valence-electron chi connectivity index (χ2n) is 6.51. The predicted octanol–water partition coefficient (Wildman–Crippen LogP) is 4.06. The molecule has 1 aliphatic carbocycles. The molecule has 0 radical (unpaired) electrons. The zero-order valence-electron chi connectivity index (χ0n) is 15.6. The Balaban J connectivity index is 2.28. The molecule has 2 rings (SSSR count). The number of carbonyl (C=O) groups is 1. The molecule has 0 aromatic heterocycles. The minimum absolute atomic E-state index is 0.0249. The van der Waals surface area contributed by atoms with E-state index in [9.17, 15) is 4.79 Å². The summed E-state index contributed by atoms with van der Waals surface area (Å²) < 4.78 is 22.4. The second-order valence-corrected chi connectivity index (χ2v) is 6.51. The molecule has 5 heteroatoms. The van der Waals surface area contributed by atoms with Crippen LogP contribution in [0, 0.1) is 0 Å². The largest absolute Gasteiger partial charge is 0.497 e. The molecule has 1 aromatic carbocycles. The number of hydrogen-bond donors (Lipinski definition) is 0. The van der Waals surface area contributed by atoms with Crippen molar-refractivity contribution in [1.82, 2.24) is 0 Å². The molecular weight excluding hydrogens is 320 g/mol. The molecule has 0 spiro atoms. The molecule has 1 fully saturated rings. The highest BCUT2D eigenvalue weighted by Crippen LogP contribution is 2.43. The van der Waals surface area contributed by atoms with Crippen LogP contribution in [-0.2, 0) is 19.0 Å². The maximum Gasteiger partial charge on any atom is 0.302 e. The number of methoxy groups -OCH3 is 1. The van der Waals surface area contributed by atoms with E-state index < -0.39 is 0 Å². The third kappa shape index (κ3) is 5.44. The molecule has 5 nitrogen and oxygen atoms in total. The van der Waals surface area contributed by atoms with E-state index in [-0.39, 0.29) is 24.3 Å². The molecule has 0 aliphatic heterocycles. The van der Waals surface area contributed by atoms with Crippen LogP contribution in [0.4, 0.5) is 0 Å². The number of carbonyl (C=O) groups excluding carboxylic acids is 1. The van der Waals surface area contributed by atoms with Crippen molar-refractivity contribution in [3.05, 3.63) is 29.8 Å². The van der Waals surface area contributed by atoms with Crippen molar-refractivity contribution in [2.24, 2.45) is 0 Å². The van der Waals surface area contributed by atoms with Crippen molar-refractivity contribution >= 4 is 5.97 Å². The molecule has 140 valence electrons. The first-order chi connectivity index (χ1) is 12.1. The Kier molecular flexibility index (Phi) is 7.72. The normalized spacial score (nSPS) is 17.7. The number of rotatable bonds is 9. The fraction of sp³-hybridized carbons (Fsp3) is 0.650. The average Bonchev–Trinajstić information content (AvgIpc) is 2.63. The third-order valence-corrected chi connectivity index (χ3v) is 4.94. The van der Waals surface area contributed by atoms with Crippen molar-refractivity contribution < 1.29 is 23.7 Å². The van der Waals surface area contributed by atoms with E-state index in [1.54, 1.807) is 7.11 Å². The van der Waals surface area contributed by atoms with Crippen LogP contribution in [0.5, 0.6) is 5.75 Å². The Morgan fingerprint density at radius 3 is 2.40 bits per heavy atom. The highest BCUT2D eigenvalue weighted by Gasteiger charge is 2.42. The zero-order valence-corrected chi connectivity index (χ0v) is 15.6. The van der Waals surface area contributed by atoms with Gasteiger partial charge in [0.2, 0.25) is 0 Å².